The molecule has 0 spiro atoms. The van der Waals surface area contributed by atoms with Crippen LogP contribution < -0.4 is 5.32 Å². The minimum absolute atomic E-state index is 0.0655. The molecule has 0 saturated heterocycles. The predicted octanol–water partition coefficient (Wildman–Crippen LogP) is 1.98. The van der Waals surface area contributed by atoms with E-state index in [0.29, 0.717) is 6.42 Å². The van der Waals surface area contributed by atoms with Crippen molar-refractivity contribution in [2.24, 2.45) is 17.8 Å². The van der Waals surface area contributed by atoms with Gasteiger partial charge in [0.25, 0.3) is 5.91 Å². The van der Waals surface area contributed by atoms with Crippen LogP contribution >= 0.6 is 0 Å². The van der Waals surface area contributed by atoms with Crippen molar-refractivity contribution in [3.05, 3.63) is 35.4 Å². The fourth-order valence-electron chi connectivity index (χ4n) is 4.04. The van der Waals surface area contributed by atoms with E-state index in [4.69, 9.17) is 0 Å². The number of hydrogen-bond donors (Lipinski definition) is 4. The lowest BCUT2D eigenvalue weighted by atomic mass is 9.66. The van der Waals surface area contributed by atoms with Gasteiger partial charge < -0.3 is 20.6 Å². The van der Waals surface area contributed by atoms with Gasteiger partial charge in [0.05, 0.1) is 6.61 Å². The van der Waals surface area contributed by atoms with Crippen LogP contribution in [0.5, 0.6) is 0 Å². The molecular formula is C20H31NO4. The molecule has 3 unspecified atom stereocenters. The number of benzene rings is 1. The van der Waals surface area contributed by atoms with Crippen LogP contribution in [0.15, 0.2) is 24.3 Å². The normalized spacial score (nSPS) is 28.0. The second-order valence-electron chi connectivity index (χ2n) is 7.83. The van der Waals surface area contributed by atoms with Gasteiger partial charge in [-0.3, -0.25) is 4.79 Å². The predicted molar refractivity (Wildman–Crippen MR) is 96.5 cm³/mol. The summed E-state index contributed by atoms with van der Waals surface area (Å²) < 4.78 is 0. The maximum atomic E-state index is 12.7. The highest BCUT2D eigenvalue weighted by Crippen LogP contribution is 2.41. The average molecular weight is 349 g/mol. The molecule has 0 bridgehead atoms. The Morgan fingerprint density at radius 1 is 1.32 bits per heavy atom. The summed E-state index contributed by atoms with van der Waals surface area (Å²) in [6.45, 7) is 6.03. The van der Waals surface area contributed by atoms with Crippen molar-refractivity contribution in [2.75, 3.05) is 0 Å². The van der Waals surface area contributed by atoms with Crippen molar-refractivity contribution in [3.8, 4) is 0 Å². The molecule has 1 aromatic carbocycles. The molecule has 1 amide bonds. The second-order valence-corrected chi connectivity index (χ2v) is 7.83. The van der Waals surface area contributed by atoms with Gasteiger partial charge in [0.2, 0.25) is 0 Å². The van der Waals surface area contributed by atoms with E-state index in [2.05, 4.69) is 5.32 Å². The summed E-state index contributed by atoms with van der Waals surface area (Å²) in [6.07, 6.45) is 1.41. The van der Waals surface area contributed by atoms with E-state index in [-0.39, 0.29) is 30.8 Å². The molecule has 25 heavy (non-hydrogen) atoms. The van der Waals surface area contributed by atoms with E-state index >= 15 is 0 Å². The number of aliphatic hydroxyl groups is 3. The molecule has 1 aromatic rings. The third kappa shape index (κ3) is 4.81. The summed E-state index contributed by atoms with van der Waals surface area (Å²) in [5.74, 6) is -0.108. The topological polar surface area (TPSA) is 89.8 Å². The Kier molecular flexibility index (Phi) is 6.60. The molecule has 0 aromatic heterocycles. The lowest BCUT2D eigenvalue weighted by Gasteiger charge is -2.43. The van der Waals surface area contributed by atoms with Gasteiger partial charge in [-0.25, -0.2) is 0 Å². The largest absolute Gasteiger partial charge is 0.392 e. The van der Waals surface area contributed by atoms with E-state index in [1.807, 2.05) is 26.8 Å². The van der Waals surface area contributed by atoms with Crippen LogP contribution in [0.3, 0.4) is 0 Å². The number of amides is 1. The van der Waals surface area contributed by atoms with Crippen molar-refractivity contribution >= 4 is 5.91 Å². The van der Waals surface area contributed by atoms with Crippen LogP contribution in [-0.4, -0.2) is 33.1 Å². The highest BCUT2D eigenvalue weighted by Gasteiger charge is 2.48. The number of carbonyl (C=O) groups is 1. The minimum atomic E-state index is -1.43. The Bertz CT molecular complexity index is 589. The quantitative estimate of drug-likeness (QED) is 0.591. The van der Waals surface area contributed by atoms with E-state index in [9.17, 15) is 20.1 Å². The standard InChI is InChI=1S/C20H31NO4/c1-13(2)17-8-7-14(3)11-20(17,25)19(24)21-18(23)10-15-5-4-6-16(9-15)12-22/h4-6,9,13-14,17-18,22-23,25H,7-8,10-12H2,1-3H3,(H,21,24)/t14?,17?,18?,20-/m1/s1. The molecule has 1 aliphatic carbocycles. The van der Waals surface area contributed by atoms with Crippen molar-refractivity contribution in [3.63, 3.8) is 0 Å². The Morgan fingerprint density at radius 3 is 2.64 bits per heavy atom. The third-order valence-electron chi connectivity index (χ3n) is 5.34. The van der Waals surface area contributed by atoms with E-state index in [1.165, 1.54) is 0 Å². The Balaban J connectivity index is 2.05. The average Bonchev–Trinajstić information content (AvgIpc) is 2.54. The number of nitrogens with one attached hydrogen (secondary N) is 1. The van der Waals surface area contributed by atoms with Crippen LogP contribution in [-0.2, 0) is 17.8 Å². The molecular weight excluding hydrogens is 318 g/mol. The number of hydrogen-bond acceptors (Lipinski definition) is 4. The maximum absolute atomic E-state index is 12.7. The summed E-state index contributed by atoms with van der Waals surface area (Å²) in [7, 11) is 0. The fourth-order valence-corrected chi connectivity index (χ4v) is 4.04. The van der Waals surface area contributed by atoms with Crippen LogP contribution in [0.1, 0.15) is 51.2 Å². The van der Waals surface area contributed by atoms with Gasteiger partial charge in [-0.05, 0) is 41.7 Å². The Labute approximate surface area is 150 Å². The van der Waals surface area contributed by atoms with Crippen molar-refractivity contribution in [1.29, 1.82) is 0 Å². The summed E-state index contributed by atoms with van der Waals surface area (Å²) in [5, 5.41) is 33.1. The van der Waals surface area contributed by atoms with Gasteiger partial charge in [-0.15, -0.1) is 0 Å². The highest BCUT2D eigenvalue weighted by atomic mass is 16.3. The first-order valence-electron chi connectivity index (χ1n) is 9.16. The molecule has 1 aliphatic rings. The SMILES string of the molecule is CC1CCC(C(C)C)[C@@](O)(C(=O)NC(O)Cc2cccc(CO)c2)C1. The molecule has 0 radical (unpaired) electrons. The van der Waals surface area contributed by atoms with Crippen LogP contribution in [0.2, 0.25) is 0 Å². The molecule has 140 valence electrons. The molecule has 4 atom stereocenters. The Hall–Kier alpha value is -1.43. The number of carbonyl (C=O) groups excluding carboxylic acids is 1. The molecule has 0 heterocycles. The van der Waals surface area contributed by atoms with E-state index in [0.717, 1.165) is 24.0 Å². The van der Waals surface area contributed by atoms with Gasteiger partial charge in [-0.1, -0.05) is 51.5 Å². The summed E-state index contributed by atoms with van der Waals surface area (Å²) >= 11 is 0. The first-order valence-corrected chi connectivity index (χ1v) is 9.16. The second kappa shape index (κ2) is 8.30. The zero-order valence-electron chi connectivity index (χ0n) is 15.4. The zero-order chi connectivity index (χ0) is 18.6. The summed E-state index contributed by atoms with van der Waals surface area (Å²) in [4.78, 5) is 12.7. The number of aliphatic hydroxyl groups excluding tert-OH is 2. The van der Waals surface area contributed by atoms with Crippen LogP contribution in [0.4, 0.5) is 0 Å². The highest BCUT2D eigenvalue weighted by molar-refractivity contribution is 5.85. The van der Waals surface area contributed by atoms with Gasteiger partial charge in [0.15, 0.2) is 0 Å². The van der Waals surface area contributed by atoms with Crippen LogP contribution in [0, 0.1) is 17.8 Å². The lowest BCUT2D eigenvalue weighted by Crippen LogP contribution is -2.58. The van der Waals surface area contributed by atoms with Gasteiger partial charge >= 0.3 is 0 Å². The molecule has 5 heteroatoms. The number of rotatable bonds is 6. The van der Waals surface area contributed by atoms with E-state index < -0.39 is 17.7 Å². The van der Waals surface area contributed by atoms with Gasteiger partial charge in [-0.2, -0.15) is 0 Å². The molecule has 1 saturated carbocycles. The van der Waals surface area contributed by atoms with E-state index in [1.54, 1.807) is 18.2 Å². The summed E-state index contributed by atoms with van der Waals surface area (Å²) in [6, 6.07) is 7.24. The molecule has 1 fully saturated rings. The van der Waals surface area contributed by atoms with Crippen molar-refractivity contribution in [1.82, 2.24) is 5.32 Å². The first-order chi connectivity index (χ1) is 11.8. The van der Waals surface area contributed by atoms with Crippen molar-refractivity contribution < 1.29 is 20.1 Å². The Morgan fingerprint density at radius 2 is 2.00 bits per heavy atom. The molecule has 4 N–H and O–H groups in total. The molecule has 0 aliphatic heterocycles. The maximum Gasteiger partial charge on any atom is 0.254 e. The third-order valence-corrected chi connectivity index (χ3v) is 5.34. The van der Waals surface area contributed by atoms with Gasteiger partial charge in [0.1, 0.15) is 11.8 Å². The summed E-state index contributed by atoms with van der Waals surface area (Å²) in [5.41, 5.74) is 0.152. The lowest BCUT2D eigenvalue weighted by molar-refractivity contribution is -0.158. The van der Waals surface area contributed by atoms with Crippen molar-refractivity contribution in [2.45, 2.75) is 64.9 Å². The monoisotopic (exact) mass is 349 g/mol. The molecule has 2 rings (SSSR count). The zero-order valence-corrected chi connectivity index (χ0v) is 15.4. The van der Waals surface area contributed by atoms with Gasteiger partial charge in [0, 0.05) is 6.42 Å². The first kappa shape index (κ1) is 19.9. The van der Waals surface area contributed by atoms with Crippen LogP contribution in [0.25, 0.3) is 0 Å². The smallest absolute Gasteiger partial charge is 0.254 e. The molecule has 5 nitrogen and oxygen atoms in total. The minimum Gasteiger partial charge on any atom is -0.392 e. The fraction of sp³-hybridized carbons (Fsp3) is 0.650.